The van der Waals surface area contributed by atoms with Crippen molar-refractivity contribution < 1.29 is 47.7 Å². The van der Waals surface area contributed by atoms with Crippen LogP contribution in [0.3, 0.4) is 0 Å². The second-order valence-electron chi connectivity index (χ2n) is 7.99. The molecule has 4 unspecified atom stereocenters. The molecule has 0 saturated heterocycles. The fraction of sp³-hybridized carbons (Fsp3) is 0.417. The summed E-state index contributed by atoms with van der Waals surface area (Å²) >= 11 is 0. The molecule has 1 heterocycles. The van der Waals surface area contributed by atoms with Gasteiger partial charge < -0.3 is 23.7 Å². The Balaban J connectivity index is 2.48. The van der Waals surface area contributed by atoms with Crippen LogP contribution in [0.1, 0.15) is 34.6 Å². The minimum absolute atomic E-state index is 0.0651. The molecule has 210 valence electrons. The summed E-state index contributed by atoms with van der Waals surface area (Å²) in [7, 11) is 0. The second-order valence-corrected chi connectivity index (χ2v) is 7.99. The molecule has 15 nitrogen and oxygen atoms in total. The standard InChI is InChI=1S/C24H28N4O11/c1-12(29)35-11-20(37-14(3)31)22(39-16(5)33)21(38-15(4)32)19(36-13(2)30)10-25-28-24-26-18-9-7-6-8-17(18)23(34)27-24/h6-10,19-22H,11H2,1-5H3,(H2,26,27,28,34). The van der Waals surface area contributed by atoms with Gasteiger partial charge in [-0.25, -0.2) is 10.4 Å². The van der Waals surface area contributed by atoms with Crippen LogP contribution < -0.4 is 11.0 Å². The molecule has 0 amide bonds. The number of carbonyl (C=O) groups excluding carboxylic acids is 5. The highest BCUT2D eigenvalue weighted by atomic mass is 16.6. The van der Waals surface area contributed by atoms with E-state index in [9.17, 15) is 28.8 Å². The predicted molar refractivity (Wildman–Crippen MR) is 133 cm³/mol. The molecule has 39 heavy (non-hydrogen) atoms. The van der Waals surface area contributed by atoms with Gasteiger partial charge in [0.15, 0.2) is 24.4 Å². The smallest absolute Gasteiger partial charge is 0.303 e. The number of hydrogen-bond acceptors (Lipinski definition) is 14. The third-order valence-corrected chi connectivity index (χ3v) is 4.69. The van der Waals surface area contributed by atoms with E-state index in [1.807, 2.05) is 0 Å². The summed E-state index contributed by atoms with van der Waals surface area (Å²) in [4.78, 5) is 78.0. The van der Waals surface area contributed by atoms with Gasteiger partial charge in [-0.15, -0.1) is 0 Å². The maximum atomic E-state index is 12.3. The molecular formula is C24H28N4O11. The van der Waals surface area contributed by atoms with Crippen molar-refractivity contribution in [3.05, 3.63) is 34.6 Å². The molecule has 2 aromatic rings. The van der Waals surface area contributed by atoms with Crippen LogP contribution >= 0.6 is 0 Å². The molecule has 0 spiro atoms. The molecule has 2 N–H and O–H groups in total. The lowest BCUT2D eigenvalue weighted by molar-refractivity contribution is -0.197. The van der Waals surface area contributed by atoms with Gasteiger partial charge in [0.2, 0.25) is 5.95 Å². The number of aromatic amines is 1. The SMILES string of the molecule is CC(=O)OCC(OC(C)=O)C(OC(C)=O)C(OC(C)=O)C(C=NNc1nc2ccccc2c(=O)[nH]1)OC(C)=O. The van der Waals surface area contributed by atoms with E-state index in [2.05, 4.69) is 20.5 Å². The summed E-state index contributed by atoms with van der Waals surface area (Å²) in [5.41, 5.74) is 2.41. The van der Waals surface area contributed by atoms with Crippen molar-refractivity contribution in [3.8, 4) is 0 Å². The topological polar surface area (TPSA) is 202 Å². The zero-order valence-electron chi connectivity index (χ0n) is 21.8. The van der Waals surface area contributed by atoms with Gasteiger partial charge in [-0.2, -0.15) is 5.10 Å². The number of hydrazone groups is 1. The first kappa shape index (κ1) is 30.4. The summed E-state index contributed by atoms with van der Waals surface area (Å²) in [5.74, 6) is -4.25. The van der Waals surface area contributed by atoms with Gasteiger partial charge in [-0.1, -0.05) is 12.1 Å². The van der Waals surface area contributed by atoms with Crippen molar-refractivity contribution in [2.75, 3.05) is 12.0 Å². The molecule has 1 aromatic carbocycles. The number of esters is 5. The van der Waals surface area contributed by atoms with E-state index in [1.165, 1.54) is 0 Å². The lowest BCUT2D eigenvalue weighted by atomic mass is 10.0. The molecule has 1 aromatic heterocycles. The Hall–Kier alpha value is -4.82. The largest absolute Gasteiger partial charge is 0.462 e. The van der Waals surface area contributed by atoms with Crippen molar-refractivity contribution in [2.45, 2.75) is 59.0 Å². The number of nitrogens with one attached hydrogen (secondary N) is 2. The highest BCUT2D eigenvalue weighted by molar-refractivity contribution is 5.78. The van der Waals surface area contributed by atoms with E-state index in [1.54, 1.807) is 24.3 Å². The first-order chi connectivity index (χ1) is 18.4. The lowest BCUT2D eigenvalue weighted by Gasteiger charge is -2.34. The summed E-state index contributed by atoms with van der Waals surface area (Å²) in [6.45, 7) is 4.69. The van der Waals surface area contributed by atoms with Crippen LogP contribution in [0.2, 0.25) is 0 Å². The Morgan fingerprint density at radius 3 is 2.05 bits per heavy atom. The Morgan fingerprint density at radius 1 is 0.872 bits per heavy atom. The Bertz CT molecular complexity index is 1310. The fourth-order valence-corrected chi connectivity index (χ4v) is 3.35. The van der Waals surface area contributed by atoms with E-state index in [-0.39, 0.29) is 5.95 Å². The third kappa shape index (κ3) is 9.87. The first-order valence-electron chi connectivity index (χ1n) is 11.5. The number of aromatic nitrogens is 2. The molecular weight excluding hydrogens is 520 g/mol. The van der Waals surface area contributed by atoms with E-state index in [0.29, 0.717) is 10.9 Å². The molecule has 0 aliphatic carbocycles. The number of fused-ring (bicyclic) bond motifs is 1. The van der Waals surface area contributed by atoms with Crippen molar-refractivity contribution in [3.63, 3.8) is 0 Å². The number of benzene rings is 1. The van der Waals surface area contributed by atoms with Gasteiger partial charge in [-0.3, -0.25) is 33.8 Å². The third-order valence-electron chi connectivity index (χ3n) is 4.69. The van der Waals surface area contributed by atoms with E-state index in [0.717, 1.165) is 40.8 Å². The number of para-hydroxylation sites is 1. The predicted octanol–water partition coefficient (Wildman–Crippen LogP) is 0.611. The minimum atomic E-state index is -1.63. The van der Waals surface area contributed by atoms with Gasteiger partial charge in [0.05, 0.1) is 17.1 Å². The van der Waals surface area contributed by atoms with Crippen LogP contribution in [0, 0.1) is 0 Å². The van der Waals surface area contributed by atoms with Crippen LogP contribution in [0.5, 0.6) is 0 Å². The second kappa shape index (κ2) is 14.2. The summed E-state index contributed by atoms with van der Waals surface area (Å²) in [6.07, 6.45) is -5.28. The number of nitrogens with zero attached hydrogens (tertiary/aromatic N) is 2. The molecule has 0 aliphatic heterocycles. The van der Waals surface area contributed by atoms with Crippen LogP contribution in [0.15, 0.2) is 34.2 Å². The van der Waals surface area contributed by atoms with Gasteiger partial charge in [0, 0.05) is 34.6 Å². The van der Waals surface area contributed by atoms with Gasteiger partial charge in [0.25, 0.3) is 5.56 Å². The molecule has 4 atom stereocenters. The van der Waals surface area contributed by atoms with Crippen LogP contribution in [-0.2, 0) is 47.7 Å². The summed E-state index contributed by atoms with van der Waals surface area (Å²) < 4.78 is 25.9. The number of anilines is 1. The number of rotatable bonds is 12. The van der Waals surface area contributed by atoms with Crippen LogP contribution in [-0.4, -0.2) is 77.1 Å². The Morgan fingerprint density at radius 2 is 1.46 bits per heavy atom. The highest BCUT2D eigenvalue weighted by Crippen LogP contribution is 2.20. The number of ether oxygens (including phenoxy) is 5. The zero-order valence-corrected chi connectivity index (χ0v) is 21.8. The van der Waals surface area contributed by atoms with Gasteiger partial charge in [0.1, 0.15) is 6.61 Å². The van der Waals surface area contributed by atoms with Crippen molar-refractivity contribution >= 4 is 52.9 Å². The van der Waals surface area contributed by atoms with Crippen molar-refractivity contribution in [1.29, 1.82) is 0 Å². The number of H-pyrrole nitrogens is 1. The lowest BCUT2D eigenvalue weighted by Crippen LogP contribution is -2.53. The molecule has 0 radical (unpaired) electrons. The van der Waals surface area contributed by atoms with E-state index >= 15 is 0 Å². The first-order valence-corrected chi connectivity index (χ1v) is 11.5. The van der Waals surface area contributed by atoms with Crippen molar-refractivity contribution in [2.24, 2.45) is 5.10 Å². The summed E-state index contributed by atoms with van der Waals surface area (Å²) in [5, 5.41) is 4.26. The number of carbonyl (C=O) groups is 5. The molecule has 0 aliphatic rings. The summed E-state index contributed by atoms with van der Waals surface area (Å²) in [6, 6.07) is 6.55. The average molecular weight is 549 g/mol. The maximum absolute atomic E-state index is 12.3. The zero-order chi connectivity index (χ0) is 29.1. The Kier molecular flexibility index (Phi) is 11.1. The Labute approximate surface area is 221 Å². The van der Waals surface area contributed by atoms with Crippen LogP contribution in [0.4, 0.5) is 5.95 Å². The van der Waals surface area contributed by atoms with Gasteiger partial charge >= 0.3 is 29.8 Å². The number of hydrogen-bond donors (Lipinski definition) is 2. The molecule has 2 rings (SSSR count). The van der Waals surface area contributed by atoms with Crippen molar-refractivity contribution in [1.82, 2.24) is 9.97 Å². The van der Waals surface area contributed by atoms with E-state index in [4.69, 9.17) is 23.7 Å². The molecule has 0 fully saturated rings. The maximum Gasteiger partial charge on any atom is 0.303 e. The quantitative estimate of drug-likeness (QED) is 0.162. The minimum Gasteiger partial charge on any atom is -0.462 e. The highest BCUT2D eigenvalue weighted by Gasteiger charge is 2.43. The van der Waals surface area contributed by atoms with E-state index < -0.39 is 66.4 Å². The monoisotopic (exact) mass is 548 g/mol. The van der Waals surface area contributed by atoms with Gasteiger partial charge in [-0.05, 0) is 12.1 Å². The molecule has 15 heteroatoms. The normalized spacial score (nSPS) is 14.0. The average Bonchev–Trinajstić information content (AvgIpc) is 2.82. The molecule has 0 bridgehead atoms. The molecule has 0 saturated carbocycles. The fourth-order valence-electron chi connectivity index (χ4n) is 3.35. The van der Waals surface area contributed by atoms with Crippen LogP contribution in [0.25, 0.3) is 10.9 Å².